The van der Waals surface area contributed by atoms with E-state index in [0.29, 0.717) is 6.54 Å². The first-order chi connectivity index (χ1) is 10.3. The minimum Gasteiger partial charge on any atom is -0.494 e. The van der Waals surface area contributed by atoms with E-state index in [2.05, 4.69) is 52.3 Å². The van der Waals surface area contributed by atoms with Gasteiger partial charge >= 0.3 is 0 Å². The first-order valence-corrected chi connectivity index (χ1v) is 8.24. The normalized spacial score (nSPS) is 10.6. The highest BCUT2D eigenvalue weighted by atomic mass is 79.9. The summed E-state index contributed by atoms with van der Waals surface area (Å²) in [6.07, 6.45) is 4.20. The molecule has 0 aliphatic carbocycles. The maximum absolute atomic E-state index is 5.82. The zero-order valence-corrected chi connectivity index (χ0v) is 13.8. The number of ether oxygens (including phenoxy) is 1. The maximum Gasteiger partial charge on any atom is 0.119 e. The highest BCUT2D eigenvalue weighted by Gasteiger charge is 2.02. The van der Waals surface area contributed by atoms with E-state index in [1.54, 1.807) is 0 Å². The molecule has 2 aromatic rings. The Bertz CT molecular complexity index is 542. The van der Waals surface area contributed by atoms with Crippen molar-refractivity contribution < 1.29 is 4.74 Å². The summed E-state index contributed by atoms with van der Waals surface area (Å²) >= 11 is 3.54. The quantitative estimate of drug-likeness (QED) is 0.720. The molecule has 0 atom stereocenters. The zero-order chi connectivity index (χ0) is 14.9. The lowest BCUT2D eigenvalue weighted by molar-refractivity contribution is 0.306. The Labute approximate surface area is 135 Å². The van der Waals surface area contributed by atoms with Gasteiger partial charge in [-0.15, -0.1) is 0 Å². The first kappa shape index (κ1) is 16.1. The number of halogens is 1. The van der Waals surface area contributed by atoms with Crippen LogP contribution in [-0.4, -0.2) is 13.2 Å². The molecule has 0 aromatic heterocycles. The van der Waals surface area contributed by atoms with Gasteiger partial charge in [0.2, 0.25) is 0 Å². The second kappa shape index (κ2) is 8.85. The molecule has 2 aromatic carbocycles. The Morgan fingerprint density at radius 1 is 0.952 bits per heavy atom. The topological polar surface area (TPSA) is 35.2 Å². The number of rotatable bonds is 8. The van der Waals surface area contributed by atoms with Crippen LogP contribution in [0.4, 0.5) is 0 Å². The average molecular weight is 348 g/mol. The van der Waals surface area contributed by atoms with Crippen molar-refractivity contribution in [2.24, 2.45) is 5.73 Å². The SMILES string of the molecule is NCCc1cc(OCCCCc2ccccc2)ccc1Br. The summed E-state index contributed by atoms with van der Waals surface area (Å²) in [7, 11) is 0. The molecule has 112 valence electrons. The molecule has 0 saturated carbocycles. The summed E-state index contributed by atoms with van der Waals surface area (Å²) in [5.74, 6) is 0.932. The lowest BCUT2D eigenvalue weighted by Gasteiger charge is -2.09. The fourth-order valence-electron chi connectivity index (χ4n) is 2.25. The van der Waals surface area contributed by atoms with Crippen molar-refractivity contribution in [2.45, 2.75) is 25.7 Å². The van der Waals surface area contributed by atoms with E-state index in [1.165, 1.54) is 11.1 Å². The Hall–Kier alpha value is -1.32. The fraction of sp³-hybridized carbons (Fsp3) is 0.333. The van der Waals surface area contributed by atoms with Crippen molar-refractivity contribution in [3.63, 3.8) is 0 Å². The summed E-state index contributed by atoms with van der Waals surface area (Å²) < 4.78 is 6.93. The van der Waals surface area contributed by atoms with Crippen molar-refractivity contribution in [3.8, 4) is 5.75 Å². The summed E-state index contributed by atoms with van der Waals surface area (Å²) in [6.45, 7) is 1.41. The molecule has 0 spiro atoms. The van der Waals surface area contributed by atoms with E-state index in [-0.39, 0.29) is 0 Å². The van der Waals surface area contributed by atoms with Crippen LogP contribution in [-0.2, 0) is 12.8 Å². The number of unbranched alkanes of at least 4 members (excludes halogenated alkanes) is 1. The third kappa shape index (κ3) is 5.52. The third-order valence-corrected chi connectivity index (χ3v) is 4.18. The first-order valence-electron chi connectivity index (χ1n) is 7.45. The Balaban J connectivity index is 1.72. The zero-order valence-electron chi connectivity index (χ0n) is 12.2. The van der Waals surface area contributed by atoms with Crippen LogP contribution in [0, 0.1) is 0 Å². The highest BCUT2D eigenvalue weighted by molar-refractivity contribution is 9.10. The van der Waals surface area contributed by atoms with E-state index < -0.39 is 0 Å². The van der Waals surface area contributed by atoms with Crippen molar-refractivity contribution in [1.29, 1.82) is 0 Å². The van der Waals surface area contributed by atoms with Crippen molar-refractivity contribution >= 4 is 15.9 Å². The predicted octanol–water partition coefficient (Wildman–Crippen LogP) is 4.35. The smallest absolute Gasteiger partial charge is 0.119 e. The monoisotopic (exact) mass is 347 g/mol. The minimum atomic E-state index is 0.652. The number of hydrogen-bond donors (Lipinski definition) is 1. The van der Waals surface area contributed by atoms with Crippen LogP contribution in [0.25, 0.3) is 0 Å². The van der Waals surface area contributed by atoms with Gasteiger partial charge in [0.15, 0.2) is 0 Å². The Morgan fingerprint density at radius 3 is 2.52 bits per heavy atom. The van der Waals surface area contributed by atoms with E-state index in [9.17, 15) is 0 Å². The van der Waals surface area contributed by atoms with Gasteiger partial charge in [0.25, 0.3) is 0 Å². The van der Waals surface area contributed by atoms with Crippen LogP contribution >= 0.6 is 15.9 Å². The van der Waals surface area contributed by atoms with Gasteiger partial charge in [-0.25, -0.2) is 0 Å². The van der Waals surface area contributed by atoms with Crippen LogP contribution < -0.4 is 10.5 Å². The van der Waals surface area contributed by atoms with Crippen LogP contribution in [0.2, 0.25) is 0 Å². The van der Waals surface area contributed by atoms with Gasteiger partial charge in [0.1, 0.15) is 5.75 Å². The largest absolute Gasteiger partial charge is 0.494 e. The molecule has 3 heteroatoms. The Morgan fingerprint density at radius 2 is 1.76 bits per heavy atom. The van der Waals surface area contributed by atoms with Gasteiger partial charge < -0.3 is 10.5 Å². The second-order valence-corrected chi connectivity index (χ2v) is 5.94. The fourth-order valence-corrected chi connectivity index (χ4v) is 2.70. The molecule has 0 aliphatic heterocycles. The number of aryl methyl sites for hydroxylation is 1. The predicted molar refractivity (Wildman–Crippen MR) is 91.8 cm³/mol. The maximum atomic E-state index is 5.82. The summed E-state index contributed by atoms with van der Waals surface area (Å²) in [6, 6.07) is 16.7. The van der Waals surface area contributed by atoms with Crippen molar-refractivity contribution in [2.75, 3.05) is 13.2 Å². The second-order valence-electron chi connectivity index (χ2n) is 5.08. The number of nitrogens with two attached hydrogens (primary N) is 1. The summed E-state index contributed by atoms with van der Waals surface area (Å²) in [5.41, 5.74) is 8.22. The molecule has 0 aliphatic rings. The lowest BCUT2D eigenvalue weighted by Crippen LogP contribution is -2.04. The van der Waals surface area contributed by atoms with Gasteiger partial charge in [-0.05, 0) is 61.6 Å². The molecule has 2 nitrogen and oxygen atoms in total. The van der Waals surface area contributed by atoms with Crippen LogP contribution in [0.5, 0.6) is 5.75 Å². The molecule has 0 heterocycles. The molecule has 0 fully saturated rings. The van der Waals surface area contributed by atoms with Gasteiger partial charge in [-0.3, -0.25) is 0 Å². The van der Waals surface area contributed by atoms with E-state index in [0.717, 1.165) is 42.5 Å². The van der Waals surface area contributed by atoms with Crippen LogP contribution in [0.15, 0.2) is 53.0 Å². The van der Waals surface area contributed by atoms with E-state index in [1.807, 2.05) is 12.1 Å². The molecule has 2 N–H and O–H groups in total. The van der Waals surface area contributed by atoms with Crippen LogP contribution in [0.3, 0.4) is 0 Å². The van der Waals surface area contributed by atoms with E-state index >= 15 is 0 Å². The van der Waals surface area contributed by atoms with Gasteiger partial charge in [-0.1, -0.05) is 46.3 Å². The molecule has 21 heavy (non-hydrogen) atoms. The van der Waals surface area contributed by atoms with Gasteiger partial charge in [0.05, 0.1) is 6.61 Å². The summed E-state index contributed by atoms with van der Waals surface area (Å²) in [5, 5.41) is 0. The standard InChI is InChI=1S/C18H22BrNO/c19-18-10-9-17(14-16(18)11-12-20)21-13-5-4-8-15-6-2-1-3-7-15/h1-3,6-7,9-10,14H,4-5,8,11-13,20H2. The van der Waals surface area contributed by atoms with Gasteiger partial charge in [0, 0.05) is 4.47 Å². The van der Waals surface area contributed by atoms with Gasteiger partial charge in [-0.2, -0.15) is 0 Å². The average Bonchev–Trinajstić information content (AvgIpc) is 2.51. The molecule has 0 amide bonds. The highest BCUT2D eigenvalue weighted by Crippen LogP contribution is 2.23. The van der Waals surface area contributed by atoms with E-state index in [4.69, 9.17) is 10.5 Å². The summed E-state index contributed by atoms with van der Waals surface area (Å²) in [4.78, 5) is 0. The molecule has 0 unspecified atom stereocenters. The van der Waals surface area contributed by atoms with Crippen LogP contribution in [0.1, 0.15) is 24.0 Å². The molecular formula is C18H22BrNO. The number of hydrogen-bond acceptors (Lipinski definition) is 2. The van der Waals surface area contributed by atoms with Crippen molar-refractivity contribution in [3.05, 3.63) is 64.1 Å². The lowest BCUT2D eigenvalue weighted by atomic mass is 10.1. The van der Waals surface area contributed by atoms with Crippen molar-refractivity contribution in [1.82, 2.24) is 0 Å². The molecule has 0 bridgehead atoms. The molecular weight excluding hydrogens is 326 g/mol. The third-order valence-electron chi connectivity index (χ3n) is 3.40. The Kier molecular flexibility index (Phi) is 6.77. The molecule has 2 rings (SSSR count). The molecule has 0 radical (unpaired) electrons. The minimum absolute atomic E-state index is 0.652. The molecule has 0 saturated heterocycles. The number of benzene rings is 2.